The van der Waals surface area contributed by atoms with Crippen LogP contribution in [0.3, 0.4) is 0 Å². The fraction of sp³-hybridized carbons (Fsp3) is 1.00. The van der Waals surface area contributed by atoms with E-state index in [0.717, 1.165) is 25.9 Å². The molecular formula is C6H14N2O2. The molecule has 0 spiro atoms. The fourth-order valence-electron chi connectivity index (χ4n) is 1.22. The molecule has 3 N–H and O–H groups in total. The van der Waals surface area contributed by atoms with E-state index in [-0.39, 0.29) is 6.61 Å². The van der Waals surface area contributed by atoms with Crippen molar-refractivity contribution in [1.29, 1.82) is 0 Å². The van der Waals surface area contributed by atoms with Crippen molar-refractivity contribution in [3.05, 3.63) is 0 Å². The first kappa shape index (κ1) is 7.94. The number of nitrogens with one attached hydrogen (secondary N) is 1. The predicted octanol–water partition coefficient (Wildman–Crippen LogP) is -0.416. The summed E-state index contributed by atoms with van der Waals surface area (Å²) in [7, 11) is 0. The van der Waals surface area contributed by atoms with E-state index < -0.39 is 0 Å². The van der Waals surface area contributed by atoms with Gasteiger partial charge < -0.3 is 10.3 Å². The van der Waals surface area contributed by atoms with E-state index in [4.69, 9.17) is 10.3 Å². The number of hydrogen-bond donors (Lipinski definition) is 3. The van der Waals surface area contributed by atoms with Crippen molar-refractivity contribution in [1.82, 2.24) is 10.6 Å². The first-order valence-corrected chi connectivity index (χ1v) is 3.62. The smallest absolute Gasteiger partial charge is 0.0460 e. The van der Waals surface area contributed by atoms with Gasteiger partial charge in [0.2, 0.25) is 0 Å². The average molecular weight is 146 g/mol. The van der Waals surface area contributed by atoms with E-state index in [0.29, 0.717) is 5.92 Å². The van der Waals surface area contributed by atoms with E-state index in [1.54, 1.807) is 5.01 Å². The van der Waals surface area contributed by atoms with Gasteiger partial charge in [-0.3, -0.25) is 0 Å². The molecule has 60 valence electrons. The van der Waals surface area contributed by atoms with E-state index in [9.17, 15) is 0 Å². The van der Waals surface area contributed by atoms with Gasteiger partial charge in [0.05, 0.1) is 0 Å². The van der Waals surface area contributed by atoms with Crippen molar-refractivity contribution >= 4 is 0 Å². The van der Waals surface area contributed by atoms with Crippen LogP contribution in [0.25, 0.3) is 0 Å². The summed E-state index contributed by atoms with van der Waals surface area (Å²) >= 11 is 0. The first-order valence-electron chi connectivity index (χ1n) is 3.62. The van der Waals surface area contributed by atoms with E-state index >= 15 is 0 Å². The molecule has 1 heterocycles. The Bertz CT molecular complexity index is 79.7. The summed E-state index contributed by atoms with van der Waals surface area (Å²) in [6, 6.07) is 0. The molecule has 0 bridgehead atoms. The van der Waals surface area contributed by atoms with Gasteiger partial charge in [-0.05, 0) is 18.8 Å². The van der Waals surface area contributed by atoms with Gasteiger partial charge in [0.15, 0.2) is 0 Å². The number of piperidine rings is 1. The van der Waals surface area contributed by atoms with Crippen LogP contribution in [0.15, 0.2) is 0 Å². The normalized spacial score (nSPS) is 23.4. The highest BCUT2D eigenvalue weighted by Crippen LogP contribution is 2.13. The van der Waals surface area contributed by atoms with Crippen LogP contribution in [-0.2, 0) is 0 Å². The Hall–Kier alpha value is -0.160. The van der Waals surface area contributed by atoms with Crippen molar-refractivity contribution in [3.8, 4) is 0 Å². The number of hydrogen-bond acceptors (Lipinski definition) is 4. The van der Waals surface area contributed by atoms with Crippen molar-refractivity contribution in [2.24, 2.45) is 5.92 Å². The highest BCUT2D eigenvalue weighted by molar-refractivity contribution is 4.67. The molecule has 1 aliphatic heterocycles. The lowest BCUT2D eigenvalue weighted by atomic mass is 9.99. The van der Waals surface area contributed by atoms with Gasteiger partial charge >= 0.3 is 0 Å². The molecule has 1 saturated heterocycles. The van der Waals surface area contributed by atoms with Gasteiger partial charge in [-0.25, -0.2) is 5.01 Å². The molecule has 0 amide bonds. The van der Waals surface area contributed by atoms with Gasteiger partial charge in [0.25, 0.3) is 0 Å². The third-order valence-corrected chi connectivity index (χ3v) is 2.01. The average Bonchev–Trinajstić information content (AvgIpc) is 2.05. The Morgan fingerprint density at radius 2 is 2.00 bits per heavy atom. The molecule has 4 nitrogen and oxygen atoms in total. The summed E-state index contributed by atoms with van der Waals surface area (Å²) in [6.07, 6.45) is 1.92. The maximum absolute atomic E-state index is 8.75. The molecule has 1 aliphatic rings. The molecule has 1 rings (SSSR count). The number of aliphatic hydroxyl groups excluding tert-OH is 1. The Balaban J connectivity index is 2.17. The Kier molecular flexibility index (Phi) is 3.08. The monoisotopic (exact) mass is 146 g/mol. The van der Waals surface area contributed by atoms with E-state index in [2.05, 4.69) is 5.59 Å². The number of nitrogens with zero attached hydrogens (tertiary/aromatic N) is 1. The quantitative estimate of drug-likeness (QED) is 0.463. The number of rotatable bonds is 2. The van der Waals surface area contributed by atoms with Gasteiger partial charge in [-0.1, -0.05) is 0 Å². The summed E-state index contributed by atoms with van der Waals surface area (Å²) in [6.45, 7) is 1.92. The molecule has 0 aromatic carbocycles. The van der Waals surface area contributed by atoms with Gasteiger partial charge in [0.1, 0.15) is 0 Å². The number of aliphatic hydroxyl groups is 1. The minimum atomic E-state index is 0.277. The topological polar surface area (TPSA) is 55.7 Å². The molecule has 1 fully saturated rings. The molecule has 0 aliphatic carbocycles. The van der Waals surface area contributed by atoms with Gasteiger partial charge in [0, 0.05) is 19.7 Å². The lowest BCUT2D eigenvalue weighted by molar-refractivity contribution is -0.0431. The fourth-order valence-corrected chi connectivity index (χ4v) is 1.22. The minimum absolute atomic E-state index is 0.277. The van der Waals surface area contributed by atoms with Crippen LogP contribution in [0.5, 0.6) is 0 Å². The molecule has 0 aromatic heterocycles. The second-order valence-corrected chi connectivity index (χ2v) is 2.71. The zero-order valence-corrected chi connectivity index (χ0v) is 5.95. The lowest BCUT2D eigenvalue weighted by Gasteiger charge is -2.28. The zero-order valence-electron chi connectivity index (χ0n) is 5.95. The maximum Gasteiger partial charge on any atom is 0.0460 e. The van der Waals surface area contributed by atoms with Crippen LogP contribution in [0.1, 0.15) is 12.8 Å². The molecule has 0 aromatic rings. The van der Waals surface area contributed by atoms with Gasteiger partial charge in [-0.15, -0.1) is 5.59 Å². The van der Waals surface area contributed by atoms with Crippen molar-refractivity contribution < 1.29 is 10.3 Å². The Morgan fingerprint density at radius 1 is 1.40 bits per heavy atom. The summed E-state index contributed by atoms with van der Waals surface area (Å²) in [5, 5.41) is 19.0. The molecule has 0 unspecified atom stereocenters. The second kappa shape index (κ2) is 3.88. The summed E-state index contributed by atoms with van der Waals surface area (Å²) in [4.78, 5) is 0. The standard InChI is InChI=1S/C6H14N2O2/c9-5-6-1-3-8(7-10)4-2-6/h6-7,9-10H,1-5H2. The van der Waals surface area contributed by atoms with Crippen molar-refractivity contribution in [3.63, 3.8) is 0 Å². The van der Waals surface area contributed by atoms with Crippen LogP contribution >= 0.6 is 0 Å². The van der Waals surface area contributed by atoms with Crippen LogP contribution in [0.2, 0.25) is 0 Å². The Morgan fingerprint density at radius 3 is 2.40 bits per heavy atom. The van der Waals surface area contributed by atoms with Crippen molar-refractivity contribution in [2.75, 3.05) is 19.7 Å². The van der Waals surface area contributed by atoms with Crippen LogP contribution in [0, 0.1) is 5.92 Å². The van der Waals surface area contributed by atoms with Crippen LogP contribution < -0.4 is 5.59 Å². The molecule has 4 heteroatoms. The Labute approximate surface area is 60.4 Å². The predicted molar refractivity (Wildman–Crippen MR) is 36.3 cm³/mol. The van der Waals surface area contributed by atoms with E-state index in [1.165, 1.54) is 0 Å². The molecule has 10 heavy (non-hydrogen) atoms. The molecule has 0 atom stereocenters. The zero-order chi connectivity index (χ0) is 7.40. The van der Waals surface area contributed by atoms with E-state index in [1.807, 2.05) is 0 Å². The van der Waals surface area contributed by atoms with Crippen molar-refractivity contribution in [2.45, 2.75) is 12.8 Å². The maximum atomic E-state index is 8.75. The molecular weight excluding hydrogens is 132 g/mol. The van der Waals surface area contributed by atoms with Crippen LogP contribution in [-0.4, -0.2) is 35.0 Å². The summed E-state index contributed by atoms with van der Waals surface area (Å²) < 4.78 is 0. The summed E-state index contributed by atoms with van der Waals surface area (Å²) in [5.74, 6) is 0.435. The van der Waals surface area contributed by atoms with Gasteiger partial charge in [-0.2, -0.15) is 0 Å². The highest BCUT2D eigenvalue weighted by atomic mass is 16.5. The second-order valence-electron chi connectivity index (χ2n) is 2.71. The SMILES string of the molecule is OCC1CCN(NO)CC1. The van der Waals surface area contributed by atoms with Crippen LogP contribution in [0.4, 0.5) is 0 Å². The first-order chi connectivity index (χ1) is 4.86. The largest absolute Gasteiger partial charge is 0.396 e. The number of hydrazine groups is 1. The third kappa shape index (κ3) is 1.91. The molecule has 0 radical (unpaired) electrons. The molecule has 0 saturated carbocycles. The third-order valence-electron chi connectivity index (χ3n) is 2.01. The lowest BCUT2D eigenvalue weighted by Crippen LogP contribution is -2.42. The highest BCUT2D eigenvalue weighted by Gasteiger charge is 2.17. The summed E-state index contributed by atoms with van der Waals surface area (Å²) in [5.41, 5.74) is 2.10. The minimum Gasteiger partial charge on any atom is -0.396 e.